The highest BCUT2D eigenvalue weighted by Crippen LogP contribution is 2.46. The maximum absolute atomic E-state index is 12.0. The summed E-state index contributed by atoms with van der Waals surface area (Å²) in [6, 6.07) is 14.1. The molecular formula is C30H36N2O6S. The van der Waals surface area contributed by atoms with E-state index in [9.17, 15) is 22.6 Å². The zero-order valence-corrected chi connectivity index (χ0v) is 23.1. The van der Waals surface area contributed by atoms with Gasteiger partial charge >= 0.3 is 5.97 Å². The molecule has 0 radical (unpaired) electrons. The summed E-state index contributed by atoms with van der Waals surface area (Å²) in [7, 11) is -4.34. The van der Waals surface area contributed by atoms with E-state index >= 15 is 0 Å². The van der Waals surface area contributed by atoms with Crippen LogP contribution < -0.4 is 10.2 Å². The van der Waals surface area contributed by atoms with Crippen molar-refractivity contribution in [1.29, 1.82) is 0 Å². The number of carboxylic acids is 1. The highest BCUT2D eigenvalue weighted by atomic mass is 32.2. The van der Waals surface area contributed by atoms with Crippen LogP contribution in [-0.4, -0.2) is 42.5 Å². The predicted octanol–water partition coefficient (Wildman–Crippen LogP) is 5.03. The average Bonchev–Trinajstić information content (AvgIpc) is 3.08. The molecule has 3 rings (SSSR count). The fraction of sp³-hybridized carbons (Fsp3) is 0.333. The number of hydrogen-bond acceptors (Lipinski definition) is 5. The first kappa shape index (κ1) is 29.9. The van der Waals surface area contributed by atoms with E-state index in [0.717, 1.165) is 29.7 Å². The van der Waals surface area contributed by atoms with Crippen LogP contribution in [-0.2, 0) is 31.5 Å². The van der Waals surface area contributed by atoms with Gasteiger partial charge in [-0.2, -0.15) is 8.42 Å². The first-order valence-electron chi connectivity index (χ1n) is 12.9. The zero-order valence-electron chi connectivity index (χ0n) is 22.3. The lowest BCUT2D eigenvalue weighted by molar-refractivity contribution is -0.137. The Morgan fingerprint density at radius 2 is 1.72 bits per heavy atom. The second-order valence-electron chi connectivity index (χ2n) is 10.1. The molecule has 0 aliphatic carbocycles. The van der Waals surface area contributed by atoms with Gasteiger partial charge in [-0.05, 0) is 48.2 Å². The molecule has 0 saturated heterocycles. The molecule has 2 aromatic rings. The number of nitrogens with zero attached hydrogens (tertiary/aromatic N) is 1. The molecule has 1 unspecified atom stereocenters. The van der Waals surface area contributed by atoms with E-state index in [1.54, 1.807) is 24.4 Å². The number of unbranched alkanes of at least 4 members (excludes halogenated alkanes) is 2. The topological polar surface area (TPSA) is 124 Å². The van der Waals surface area contributed by atoms with Gasteiger partial charge in [-0.15, -0.1) is 0 Å². The van der Waals surface area contributed by atoms with Crippen LogP contribution in [0.25, 0.3) is 0 Å². The molecule has 1 heterocycles. The molecule has 208 valence electrons. The number of anilines is 1. The lowest BCUT2D eigenvalue weighted by Gasteiger charge is -2.32. The van der Waals surface area contributed by atoms with Gasteiger partial charge in [0.25, 0.3) is 10.1 Å². The van der Waals surface area contributed by atoms with Crippen molar-refractivity contribution < 1.29 is 27.7 Å². The number of fused-ring (bicyclic) bond motifs is 1. The van der Waals surface area contributed by atoms with Gasteiger partial charge in [0.05, 0.1) is 17.4 Å². The lowest BCUT2D eigenvalue weighted by atomic mass is 9.80. The van der Waals surface area contributed by atoms with Crippen LogP contribution in [0.15, 0.2) is 90.0 Å². The SMILES string of the molecule is CC1(C)c2cc(S(=O)(=O)O)ccc2N(CCCCCC(=O)O)C1/C=C/C=C/C=C/NC(=O)Cc1ccccc1. The summed E-state index contributed by atoms with van der Waals surface area (Å²) in [5.41, 5.74) is 2.20. The van der Waals surface area contributed by atoms with Crippen molar-refractivity contribution in [3.05, 3.63) is 96.2 Å². The molecule has 0 bridgehead atoms. The molecule has 8 nitrogen and oxygen atoms in total. The number of carbonyl (C=O) groups excluding carboxylic acids is 1. The summed E-state index contributed by atoms with van der Waals surface area (Å²) >= 11 is 0. The van der Waals surface area contributed by atoms with Crippen molar-refractivity contribution in [3.8, 4) is 0 Å². The number of carboxylic acid groups (broad SMARTS) is 1. The number of allylic oxidation sites excluding steroid dienone is 4. The van der Waals surface area contributed by atoms with Crippen molar-refractivity contribution in [2.45, 2.75) is 62.3 Å². The maximum Gasteiger partial charge on any atom is 0.303 e. The summed E-state index contributed by atoms with van der Waals surface area (Å²) in [5.74, 6) is -0.909. The quantitative estimate of drug-likeness (QED) is 0.181. The van der Waals surface area contributed by atoms with E-state index in [-0.39, 0.29) is 23.3 Å². The standard InChI is InChI=1S/C30H36N2O6S/c1-30(2)25-22-24(39(36,37)38)17-18-26(25)32(20-12-6-10-16-29(34)35)27(30)15-9-3-4-11-19-31-28(33)21-23-13-7-5-8-14-23/h3-5,7-9,11,13-15,17-19,22,27H,6,10,12,16,20-21H2,1-2H3,(H,31,33)(H,34,35)(H,36,37,38)/b4-3+,15-9+,19-11+. The highest BCUT2D eigenvalue weighted by Gasteiger charge is 2.43. The molecule has 1 aliphatic heterocycles. The normalized spacial score (nSPS) is 16.8. The van der Waals surface area contributed by atoms with Crippen molar-refractivity contribution in [1.82, 2.24) is 5.32 Å². The van der Waals surface area contributed by atoms with E-state index in [0.29, 0.717) is 19.4 Å². The second kappa shape index (κ2) is 13.4. The van der Waals surface area contributed by atoms with Crippen LogP contribution >= 0.6 is 0 Å². The van der Waals surface area contributed by atoms with Crippen molar-refractivity contribution >= 4 is 27.7 Å². The second-order valence-corrected chi connectivity index (χ2v) is 11.5. The lowest BCUT2D eigenvalue weighted by Crippen LogP contribution is -2.40. The molecule has 1 atom stereocenters. The van der Waals surface area contributed by atoms with Gasteiger partial charge in [-0.3, -0.25) is 14.1 Å². The Balaban J connectivity index is 1.68. The third-order valence-electron chi connectivity index (χ3n) is 6.81. The summed E-state index contributed by atoms with van der Waals surface area (Å²) in [6.45, 7) is 4.74. The van der Waals surface area contributed by atoms with Crippen LogP contribution in [0.3, 0.4) is 0 Å². The summed E-state index contributed by atoms with van der Waals surface area (Å²) in [5, 5.41) is 11.6. The number of hydrogen-bond donors (Lipinski definition) is 3. The molecule has 1 amide bonds. The minimum Gasteiger partial charge on any atom is -0.481 e. The van der Waals surface area contributed by atoms with E-state index in [2.05, 4.69) is 10.2 Å². The van der Waals surface area contributed by atoms with Gasteiger partial charge in [-0.25, -0.2) is 0 Å². The predicted molar refractivity (Wildman–Crippen MR) is 152 cm³/mol. The average molecular weight is 553 g/mol. The van der Waals surface area contributed by atoms with Gasteiger partial charge in [0.2, 0.25) is 5.91 Å². The summed E-state index contributed by atoms with van der Waals surface area (Å²) in [4.78, 5) is 24.9. The van der Waals surface area contributed by atoms with E-state index in [1.165, 1.54) is 12.1 Å². The Labute approximate surface area is 230 Å². The number of amides is 1. The van der Waals surface area contributed by atoms with Gasteiger partial charge in [0, 0.05) is 30.3 Å². The zero-order chi connectivity index (χ0) is 28.5. The van der Waals surface area contributed by atoms with Crippen molar-refractivity contribution in [3.63, 3.8) is 0 Å². The third-order valence-corrected chi connectivity index (χ3v) is 7.66. The molecule has 2 aromatic carbocycles. The van der Waals surface area contributed by atoms with Crippen LogP contribution in [0.5, 0.6) is 0 Å². The van der Waals surface area contributed by atoms with Crippen molar-refractivity contribution in [2.24, 2.45) is 0 Å². The van der Waals surface area contributed by atoms with Crippen LogP contribution in [0.1, 0.15) is 50.7 Å². The third kappa shape index (κ3) is 8.40. The molecule has 0 aromatic heterocycles. The molecule has 0 spiro atoms. The molecule has 39 heavy (non-hydrogen) atoms. The number of benzene rings is 2. The van der Waals surface area contributed by atoms with E-state index in [1.807, 2.05) is 62.4 Å². The number of carbonyl (C=O) groups is 2. The largest absolute Gasteiger partial charge is 0.481 e. The number of nitrogens with one attached hydrogen (secondary N) is 1. The van der Waals surface area contributed by atoms with Crippen LogP contribution in [0.2, 0.25) is 0 Å². The Morgan fingerprint density at radius 3 is 2.41 bits per heavy atom. The highest BCUT2D eigenvalue weighted by molar-refractivity contribution is 7.85. The first-order chi connectivity index (χ1) is 18.5. The van der Waals surface area contributed by atoms with Crippen LogP contribution in [0.4, 0.5) is 5.69 Å². The smallest absolute Gasteiger partial charge is 0.303 e. The van der Waals surface area contributed by atoms with Crippen molar-refractivity contribution in [2.75, 3.05) is 11.4 Å². The molecule has 1 aliphatic rings. The first-order valence-corrected chi connectivity index (χ1v) is 14.4. The Kier molecular flexibility index (Phi) is 10.3. The van der Waals surface area contributed by atoms with Gasteiger partial charge < -0.3 is 15.3 Å². The minimum absolute atomic E-state index is 0.0946. The number of rotatable bonds is 13. The minimum atomic E-state index is -4.34. The Morgan fingerprint density at radius 1 is 1.00 bits per heavy atom. The van der Waals surface area contributed by atoms with Gasteiger partial charge in [0.15, 0.2) is 0 Å². The van der Waals surface area contributed by atoms with Gasteiger partial charge in [-0.1, -0.05) is 74.9 Å². The molecule has 0 saturated carbocycles. The molecular weight excluding hydrogens is 516 g/mol. The van der Waals surface area contributed by atoms with E-state index < -0.39 is 21.5 Å². The maximum atomic E-state index is 12.0. The van der Waals surface area contributed by atoms with E-state index in [4.69, 9.17) is 5.11 Å². The fourth-order valence-electron chi connectivity index (χ4n) is 4.81. The molecule has 0 fully saturated rings. The fourth-order valence-corrected chi connectivity index (χ4v) is 5.31. The number of aliphatic carboxylic acids is 1. The monoisotopic (exact) mass is 552 g/mol. The summed E-state index contributed by atoms with van der Waals surface area (Å²) < 4.78 is 33.1. The Hall–Kier alpha value is -3.69. The Bertz CT molecular complexity index is 1350. The molecule has 9 heteroatoms. The molecule has 3 N–H and O–H groups in total. The van der Waals surface area contributed by atoms with Crippen LogP contribution in [0, 0.1) is 0 Å². The van der Waals surface area contributed by atoms with Gasteiger partial charge in [0.1, 0.15) is 0 Å². The summed E-state index contributed by atoms with van der Waals surface area (Å²) in [6.07, 6.45) is 13.5.